The van der Waals surface area contributed by atoms with Crippen LogP contribution >= 0.6 is 0 Å². The summed E-state index contributed by atoms with van der Waals surface area (Å²) in [5.74, 6) is 1.14. The summed E-state index contributed by atoms with van der Waals surface area (Å²) in [7, 11) is 0. The highest BCUT2D eigenvalue weighted by atomic mass is 16.2. The Morgan fingerprint density at radius 2 is 2.15 bits per heavy atom. The molecule has 2 unspecified atom stereocenters. The molecule has 1 aliphatic rings. The molecule has 0 spiro atoms. The van der Waals surface area contributed by atoms with Crippen LogP contribution in [-0.2, 0) is 4.79 Å². The Morgan fingerprint density at radius 3 is 2.69 bits per heavy atom. The molecule has 1 amide bonds. The zero-order valence-electron chi connectivity index (χ0n) is 9.05. The minimum absolute atomic E-state index is 0.349. The lowest BCUT2D eigenvalue weighted by Gasteiger charge is -2.36. The van der Waals surface area contributed by atoms with Gasteiger partial charge in [-0.25, -0.2) is 0 Å². The third-order valence-electron chi connectivity index (χ3n) is 2.92. The molecule has 0 aromatic heterocycles. The van der Waals surface area contributed by atoms with Gasteiger partial charge >= 0.3 is 0 Å². The molecule has 76 valence electrons. The summed E-state index contributed by atoms with van der Waals surface area (Å²) >= 11 is 0. The fraction of sp³-hybridized carbons (Fsp3) is 0.909. The van der Waals surface area contributed by atoms with Crippen molar-refractivity contribution in [1.29, 1.82) is 0 Å². The third kappa shape index (κ3) is 2.71. The first kappa shape index (κ1) is 10.6. The van der Waals surface area contributed by atoms with Crippen LogP contribution in [0.3, 0.4) is 0 Å². The van der Waals surface area contributed by atoms with Crippen LogP contribution in [0.5, 0.6) is 0 Å². The molecule has 1 rings (SSSR count). The van der Waals surface area contributed by atoms with Gasteiger partial charge in [-0.3, -0.25) is 4.79 Å². The van der Waals surface area contributed by atoms with Crippen LogP contribution in [0.4, 0.5) is 0 Å². The molecule has 1 heterocycles. The summed E-state index contributed by atoms with van der Waals surface area (Å²) in [6.45, 7) is 7.48. The van der Waals surface area contributed by atoms with Gasteiger partial charge in [0.15, 0.2) is 0 Å². The first-order chi connectivity index (χ1) is 6.15. The molecule has 1 aliphatic heterocycles. The van der Waals surface area contributed by atoms with Crippen LogP contribution in [0.25, 0.3) is 0 Å². The average Bonchev–Trinajstić information content (AvgIpc) is 2.04. The predicted molar refractivity (Wildman–Crippen MR) is 54.5 cm³/mol. The quantitative estimate of drug-likeness (QED) is 0.644. The highest BCUT2D eigenvalue weighted by Crippen LogP contribution is 2.22. The van der Waals surface area contributed by atoms with E-state index in [4.69, 9.17) is 0 Å². The van der Waals surface area contributed by atoms with Gasteiger partial charge in [0.25, 0.3) is 0 Å². The van der Waals surface area contributed by atoms with E-state index in [2.05, 4.69) is 25.7 Å². The van der Waals surface area contributed by atoms with Crippen molar-refractivity contribution < 1.29 is 4.79 Å². The van der Waals surface area contributed by atoms with Gasteiger partial charge in [-0.15, -0.1) is 0 Å². The van der Waals surface area contributed by atoms with Gasteiger partial charge in [0.05, 0.1) is 0 Å². The van der Waals surface area contributed by atoms with Crippen molar-refractivity contribution in [1.82, 2.24) is 4.90 Å². The number of amides is 1. The van der Waals surface area contributed by atoms with Crippen molar-refractivity contribution in [3.63, 3.8) is 0 Å². The minimum atomic E-state index is 0.349. The lowest BCUT2D eigenvalue weighted by molar-refractivity contribution is -0.135. The zero-order chi connectivity index (χ0) is 9.84. The maximum atomic E-state index is 11.6. The molecule has 13 heavy (non-hydrogen) atoms. The van der Waals surface area contributed by atoms with E-state index in [9.17, 15) is 4.79 Å². The number of carbonyl (C=O) groups excluding carboxylic acids is 1. The third-order valence-corrected chi connectivity index (χ3v) is 2.92. The lowest BCUT2D eigenvalue weighted by Crippen LogP contribution is -2.44. The number of rotatable bonds is 2. The molecule has 0 saturated carbocycles. The Hall–Kier alpha value is -0.530. The van der Waals surface area contributed by atoms with Crippen LogP contribution < -0.4 is 0 Å². The van der Waals surface area contributed by atoms with Gasteiger partial charge < -0.3 is 4.90 Å². The first-order valence-corrected chi connectivity index (χ1v) is 5.44. The fourth-order valence-electron chi connectivity index (χ4n) is 2.14. The molecule has 2 atom stereocenters. The Bertz CT molecular complexity index is 179. The lowest BCUT2D eigenvalue weighted by atomic mass is 9.93. The van der Waals surface area contributed by atoms with E-state index in [-0.39, 0.29) is 0 Å². The maximum absolute atomic E-state index is 11.6. The van der Waals surface area contributed by atoms with Crippen LogP contribution in [0.2, 0.25) is 0 Å². The van der Waals surface area contributed by atoms with Gasteiger partial charge in [0.1, 0.15) is 0 Å². The van der Waals surface area contributed by atoms with E-state index in [1.165, 1.54) is 12.8 Å². The molecular weight excluding hydrogens is 162 g/mol. The molecule has 0 bridgehead atoms. The van der Waals surface area contributed by atoms with Crippen molar-refractivity contribution in [2.45, 2.75) is 52.5 Å². The average molecular weight is 183 g/mol. The number of piperidine rings is 1. The zero-order valence-corrected chi connectivity index (χ0v) is 9.05. The molecule has 0 aliphatic carbocycles. The smallest absolute Gasteiger partial charge is 0.222 e. The Morgan fingerprint density at radius 1 is 1.46 bits per heavy atom. The first-order valence-electron chi connectivity index (χ1n) is 5.44. The Balaban J connectivity index is 2.45. The van der Waals surface area contributed by atoms with Gasteiger partial charge in [0.2, 0.25) is 5.91 Å². The largest absolute Gasteiger partial charge is 0.340 e. The van der Waals surface area contributed by atoms with E-state index in [0.29, 0.717) is 11.9 Å². The second-order valence-electron chi connectivity index (χ2n) is 4.32. The van der Waals surface area contributed by atoms with Gasteiger partial charge in [-0.05, 0) is 32.1 Å². The molecule has 1 fully saturated rings. The molecule has 0 radical (unpaired) electrons. The monoisotopic (exact) mass is 183 g/mol. The van der Waals surface area contributed by atoms with E-state index in [1.54, 1.807) is 0 Å². The summed E-state index contributed by atoms with van der Waals surface area (Å²) < 4.78 is 0. The van der Waals surface area contributed by atoms with Crippen LogP contribution in [-0.4, -0.2) is 23.4 Å². The number of nitrogens with zero attached hydrogens (tertiary/aromatic N) is 1. The molecule has 0 N–H and O–H groups in total. The van der Waals surface area contributed by atoms with Crippen LogP contribution in [0.15, 0.2) is 0 Å². The van der Waals surface area contributed by atoms with E-state index < -0.39 is 0 Å². The Kier molecular flexibility index (Phi) is 3.76. The van der Waals surface area contributed by atoms with E-state index in [0.717, 1.165) is 25.3 Å². The van der Waals surface area contributed by atoms with E-state index in [1.807, 2.05) is 0 Å². The summed E-state index contributed by atoms with van der Waals surface area (Å²) in [6.07, 6.45) is 4.05. The minimum Gasteiger partial charge on any atom is -0.340 e. The summed E-state index contributed by atoms with van der Waals surface area (Å²) in [6, 6.07) is 0.461. The number of hydrogen-bond acceptors (Lipinski definition) is 1. The predicted octanol–water partition coefficient (Wildman–Crippen LogP) is 2.43. The second kappa shape index (κ2) is 4.64. The SMILES string of the molecule is CCCC(=O)N1CCC(C)CC1C. The molecule has 0 aromatic rings. The summed E-state index contributed by atoms with van der Waals surface area (Å²) in [4.78, 5) is 13.7. The number of hydrogen-bond donors (Lipinski definition) is 0. The van der Waals surface area contributed by atoms with Crippen LogP contribution in [0, 0.1) is 5.92 Å². The normalized spacial score (nSPS) is 29.0. The summed E-state index contributed by atoms with van der Waals surface area (Å²) in [5, 5.41) is 0. The van der Waals surface area contributed by atoms with Crippen molar-refractivity contribution in [3.05, 3.63) is 0 Å². The maximum Gasteiger partial charge on any atom is 0.222 e. The molecule has 2 nitrogen and oxygen atoms in total. The Labute approximate surface area is 81.3 Å². The van der Waals surface area contributed by atoms with Crippen molar-refractivity contribution in [3.8, 4) is 0 Å². The molecule has 0 aromatic carbocycles. The molecular formula is C11H21NO. The van der Waals surface area contributed by atoms with Gasteiger partial charge in [0, 0.05) is 19.0 Å². The van der Waals surface area contributed by atoms with Gasteiger partial charge in [-0.1, -0.05) is 13.8 Å². The fourth-order valence-corrected chi connectivity index (χ4v) is 2.14. The highest BCUT2D eigenvalue weighted by Gasteiger charge is 2.25. The number of likely N-dealkylation sites (tertiary alicyclic amines) is 1. The summed E-state index contributed by atoms with van der Waals surface area (Å²) in [5.41, 5.74) is 0. The second-order valence-corrected chi connectivity index (χ2v) is 4.32. The van der Waals surface area contributed by atoms with Crippen molar-refractivity contribution in [2.75, 3.05) is 6.54 Å². The standard InChI is InChI=1S/C11H21NO/c1-4-5-11(13)12-7-6-9(2)8-10(12)3/h9-10H,4-8H2,1-3H3. The topological polar surface area (TPSA) is 20.3 Å². The van der Waals surface area contributed by atoms with Crippen molar-refractivity contribution >= 4 is 5.91 Å². The molecule has 1 saturated heterocycles. The van der Waals surface area contributed by atoms with E-state index >= 15 is 0 Å². The van der Waals surface area contributed by atoms with Crippen LogP contribution in [0.1, 0.15) is 46.5 Å². The molecule has 2 heteroatoms. The van der Waals surface area contributed by atoms with Gasteiger partial charge in [-0.2, -0.15) is 0 Å². The highest BCUT2D eigenvalue weighted by molar-refractivity contribution is 5.76. The van der Waals surface area contributed by atoms with Crippen molar-refractivity contribution in [2.24, 2.45) is 5.92 Å². The number of carbonyl (C=O) groups is 1.